The lowest BCUT2D eigenvalue weighted by atomic mass is 9.62. The van der Waals surface area contributed by atoms with Gasteiger partial charge in [0.05, 0.1) is 16.8 Å². The number of hydrogen-bond donors (Lipinski definition) is 0. The molecule has 4 aliphatic rings. The smallest absolute Gasteiger partial charge is 0.182 e. The van der Waals surface area contributed by atoms with Crippen LogP contribution >= 0.6 is 11.8 Å². The summed E-state index contributed by atoms with van der Waals surface area (Å²) in [5.41, 5.74) is 19.2. The Morgan fingerprint density at radius 2 is 0.879 bits per heavy atom. The monoisotopic (exact) mass is 881 g/mol. The zero-order valence-corrected chi connectivity index (χ0v) is 40.2. The van der Waals surface area contributed by atoms with Crippen molar-refractivity contribution in [1.29, 1.82) is 0 Å². The van der Waals surface area contributed by atoms with Crippen molar-refractivity contribution in [2.75, 3.05) is 4.90 Å². The summed E-state index contributed by atoms with van der Waals surface area (Å²) in [7, 11) is -2.87. The van der Waals surface area contributed by atoms with Gasteiger partial charge in [0.1, 0.15) is 0 Å². The van der Waals surface area contributed by atoms with Crippen molar-refractivity contribution < 1.29 is 0 Å². The van der Waals surface area contributed by atoms with Crippen LogP contribution in [-0.4, -0.2) is 8.07 Å². The summed E-state index contributed by atoms with van der Waals surface area (Å²) in [6.45, 7) is 14.2. The molecule has 0 saturated heterocycles. The molecule has 0 fully saturated rings. The normalized spacial score (nSPS) is 15.3. The first-order valence-corrected chi connectivity index (χ1v) is 26.3. The predicted molar refractivity (Wildman–Crippen MR) is 282 cm³/mol. The van der Waals surface area contributed by atoms with E-state index in [0.717, 1.165) is 0 Å². The third kappa shape index (κ3) is 5.30. The van der Waals surface area contributed by atoms with Gasteiger partial charge in [0.25, 0.3) is 0 Å². The first kappa shape index (κ1) is 39.7. The summed E-state index contributed by atoms with van der Waals surface area (Å²) >= 11 is 1.90. The molecule has 13 rings (SSSR count). The van der Waals surface area contributed by atoms with E-state index in [9.17, 15) is 0 Å². The Bertz CT molecular complexity index is 3390. The molecular formula is C63H51NSSi. The molecule has 2 spiro atoms. The van der Waals surface area contributed by atoms with Crippen LogP contribution in [0.5, 0.6) is 0 Å². The van der Waals surface area contributed by atoms with Gasteiger partial charge in [-0.15, -0.1) is 0 Å². The SMILES string of the molecule is CC(C)(C)c1ccc2c(c1)[Si]1(c3ccccc3-c3ccc(N4c5ccccc5C5(c6ccccc6Sc6ccccc65)c5cc(-c6ccccc6)ccc54)cc31)c1cc(C(C)(C)C)ccc1-2. The van der Waals surface area contributed by atoms with Crippen molar-refractivity contribution in [3.63, 3.8) is 0 Å². The van der Waals surface area contributed by atoms with Crippen molar-refractivity contribution in [3.05, 3.63) is 234 Å². The van der Waals surface area contributed by atoms with Gasteiger partial charge < -0.3 is 4.90 Å². The Kier molecular flexibility index (Phi) is 8.38. The van der Waals surface area contributed by atoms with Crippen LogP contribution in [0.3, 0.4) is 0 Å². The average Bonchev–Trinajstić information content (AvgIpc) is 3.80. The molecule has 0 saturated carbocycles. The molecule has 9 aromatic carbocycles. The average molecular weight is 882 g/mol. The van der Waals surface area contributed by atoms with E-state index in [1.807, 2.05) is 11.8 Å². The first-order valence-electron chi connectivity index (χ1n) is 23.5. The molecule has 0 radical (unpaired) electrons. The van der Waals surface area contributed by atoms with Crippen LogP contribution in [-0.2, 0) is 16.2 Å². The van der Waals surface area contributed by atoms with E-state index in [1.165, 1.54) is 114 Å². The highest BCUT2D eigenvalue weighted by molar-refractivity contribution is 7.99. The molecule has 0 bridgehead atoms. The van der Waals surface area contributed by atoms with Gasteiger partial charge in [-0.2, -0.15) is 0 Å². The number of nitrogens with zero attached hydrogens (tertiary/aromatic N) is 1. The number of benzene rings is 9. The minimum Gasteiger partial charge on any atom is -0.310 e. The van der Waals surface area contributed by atoms with Crippen LogP contribution in [0.15, 0.2) is 210 Å². The van der Waals surface area contributed by atoms with Gasteiger partial charge in [0.15, 0.2) is 8.07 Å². The van der Waals surface area contributed by atoms with Crippen LogP contribution in [0.1, 0.15) is 74.9 Å². The molecule has 3 heteroatoms. The van der Waals surface area contributed by atoms with E-state index in [1.54, 1.807) is 0 Å². The summed E-state index contributed by atoms with van der Waals surface area (Å²) < 4.78 is 0. The fourth-order valence-electron chi connectivity index (χ4n) is 12.2. The molecule has 9 aromatic rings. The minimum absolute atomic E-state index is 0.00338. The second-order valence-electron chi connectivity index (χ2n) is 20.8. The van der Waals surface area contributed by atoms with E-state index in [4.69, 9.17) is 0 Å². The number of fused-ring (bicyclic) bond motifs is 18. The standard InChI is InChI=1S/C63H51NSSi/c1-61(2,3)42-29-32-46-47-33-30-43(62(4,5)6)38-59(47)66(58(46)37-42)57-27-17-10-20-45(57)48-34-31-44(39-60(48)66)64-53-24-14-11-21-49(53)63(52-36-41(28-35-54(52)64)40-18-8-7-9-19-40)50-22-12-15-25-55(50)65-56-26-16-13-23-51(56)63/h7-39H,1-6H3. The number of rotatable bonds is 2. The van der Waals surface area contributed by atoms with E-state index in [0.29, 0.717) is 0 Å². The zero-order valence-electron chi connectivity index (χ0n) is 38.4. The molecule has 1 nitrogen and oxygen atoms in total. The van der Waals surface area contributed by atoms with Gasteiger partial charge in [-0.3, -0.25) is 0 Å². The summed E-state index contributed by atoms with van der Waals surface area (Å²) in [6.07, 6.45) is 0. The van der Waals surface area contributed by atoms with Crippen LogP contribution in [0.2, 0.25) is 0 Å². The van der Waals surface area contributed by atoms with Gasteiger partial charge in [-0.05, 0) is 141 Å². The van der Waals surface area contributed by atoms with Crippen molar-refractivity contribution >= 4 is 57.6 Å². The molecule has 0 N–H and O–H groups in total. The topological polar surface area (TPSA) is 3.24 Å². The van der Waals surface area contributed by atoms with Crippen LogP contribution < -0.4 is 25.6 Å². The molecule has 66 heavy (non-hydrogen) atoms. The Hall–Kier alpha value is -6.65. The van der Waals surface area contributed by atoms with Crippen molar-refractivity contribution in [2.24, 2.45) is 0 Å². The van der Waals surface area contributed by atoms with Crippen LogP contribution in [0.4, 0.5) is 17.1 Å². The maximum absolute atomic E-state index is 2.87. The highest BCUT2D eigenvalue weighted by atomic mass is 32.2. The summed E-state index contributed by atoms with van der Waals surface area (Å²) in [5.74, 6) is 0. The van der Waals surface area contributed by atoms with Gasteiger partial charge >= 0.3 is 0 Å². The molecular weight excluding hydrogens is 831 g/mol. The summed E-state index contributed by atoms with van der Waals surface area (Å²) in [4.78, 5) is 5.22. The molecule has 0 atom stereocenters. The highest BCUT2D eigenvalue weighted by Crippen LogP contribution is 2.63. The number of anilines is 3. The Labute approximate surface area is 394 Å². The van der Waals surface area contributed by atoms with Crippen molar-refractivity contribution in [1.82, 2.24) is 0 Å². The molecule has 0 unspecified atom stereocenters. The highest BCUT2D eigenvalue weighted by Gasteiger charge is 2.56. The second-order valence-corrected chi connectivity index (χ2v) is 25.6. The van der Waals surface area contributed by atoms with Gasteiger partial charge in [-0.1, -0.05) is 211 Å². The quantitative estimate of drug-likeness (QED) is 0.159. The molecule has 318 valence electrons. The lowest BCUT2D eigenvalue weighted by Gasteiger charge is -2.49. The minimum atomic E-state index is -2.87. The largest absolute Gasteiger partial charge is 0.310 e. The van der Waals surface area contributed by atoms with E-state index >= 15 is 0 Å². The number of para-hydroxylation sites is 1. The first-order chi connectivity index (χ1) is 32.0. The van der Waals surface area contributed by atoms with E-state index in [-0.39, 0.29) is 10.8 Å². The Morgan fingerprint density at radius 1 is 0.379 bits per heavy atom. The van der Waals surface area contributed by atoms with Gasteiger partial charge in [0.2, 0.25) is 0 Å². The van der Waals surface area contributed by atoms with Crippen molar-refractivity contribution in [3.8, 4) is 33.4 Å². The third-order valence-electron chi connectivity index (χ3n) is 15.3. The fraction of sp³-hybridized carbons (Fsp3) is 0.143. The zero-order chi connectivity index (χ0) is 44.7. The molecule has 4 heterocycles. The molecule has 0 amide bonds. The predicted octanol–water partition coefficient (Wildman–Crippen LogP) is 13.9. The van der Waals surface area contributed by atoms with Crippen molar-refractivity contribution in [2.45, 2.75) is 67.6 Å². The third-order valence-corrected chi connectivity index (χ3v) is 21.3. The summed E-state index contributed by atoms with van der Waals surface area (Å²) in [6, 6.07) is 77.6. The second kappa shape index (κ2) is 13.9. The lowest BCUT2D eigenvalue weighted by Crippen LogP contribution is -2.71. The van der Waals surface area contributed by atoms with Crippen LogP contribution in [0, 0.1) is 0 Å². The Balaban J connectivity index is 1.13. The maximum atomic E-state index is 2.64. The lowest BCUT2D eigenvalue weighted by molar-refractivity contribution is 0.590. The Morgan fingerprint density at radius 3 is 1.52 bits per heavy atom. The molecule has 4 aliphatic heterocycles. The maximum Gasteiger partial charge on any atom is 0.182 e. The fourth-order valence-corrected chi connectivity index (χ4v) is 19.1. The van der Waals surface area contributed by atoms with Gasteiger partial charge in [-0.25, -0.2) is 0 Å². The summed E-state index contributed by atoms with van der Waals surface area (Å²) in [5, 5.41) is 6.05. The van der Waals surface area contributed by atoms with Crippen LogP contribution in [0.25, 0.3) is 33.4 Å². The van der Waals surface area contributed by atoms with E-state index < -0.39 is 13.5 Å². The van der Waals surface area contributed by atoms with E-state index in [2.05, 4.69) is 247 Å². The number of hydrogen-bond acceptors (Lipinski definition) is 2. The molecule has 0 aromatic heterocycles. The molecule has 0 aliphatic carbocycles. The van der Waals surface area contributed by atoms with Gasteiger partial charge in [0, 0.05) is 15.5 Å².